The van der Waals surface area contributed by atoms with Crippen molar-refractivity contribution in [2.24, 2.45) is 0 Å². The maximum absolute atomic E-state index is 12.9. The Balaban J connectivity index is 2.41. The molecule has 146 valence electrons. The molecule has 0 aliphatic heterocycles. The number of carbonyl (C=O) groups is 1. The van der Waals surface area contributed by atoms with Gasteiger partial charge in [-0.3, -0.25) is 9.10 Å². The van der Waals surface area contributed by atoms with E-state index in [4.69, 9.17) is 4.74 Å². The highest BCUT2D eigenvalue weighted by Gasteiger charge is 2.31. The summed E-state index contributed by atoms with van der Waals surface area (Å²) in [6, 6.07) is 11.5. The second kappa shape index (κ2) is 8.43. The number of aryl methyl sites for hydroxylation is 2. The fourth-order valence-corrected chi connectivity index (χ4v) is 4.28. The molecule has 1 amide bonds. The summed E-state index contributed by atoms with van der Waals surface area (Å²) in [6.45, 7) is 5.67. The lowest BCUT2D eigenvalue weighted by Crippen LogP contribution is -2.47. The van der Waals surface area contributed by atoms with Crippen LogP contribution in [0, 0.1) is 13.8 Å². The second-order valence-corrected chi connectivity index (χ2v) is 8.41. The van der Waals surface area contributed by atoms with Gasteiger partial charge in [-0.05, 0) is 55.7 Å². The SMILES string of the molecule is CC[C@H](C(=O)Nc1cc(C)cc(C)c1)N(c1cccc(OC)c1)S(C)(=O)=O. The number of anilines is 2. The standard InChI is InChI=1S/C20H26N2O4S/c1-6-19(20(23)21-16-11-14(2)10-15(3)12-16)22(27(5,24)25)17-8-7-9-18(13-17)26-4/h7-13,19H,6H2,1-5H3,(H,21,23)/t19-/m1/s1. The van der Waals surface area contributed by atoms with Gasteiger partial charge in [-0.1, -0.05) is 19.1 Å². The quantitative estimate of drug-likeness (QED) is 0.785. The predicted octanol–water partition coefficient (Wildman–Crippen LogP) is 3.50. The Morgan fingerprint density at radius 3 is 2.30 bits per heavy atom. The molecule has 0 fully saturated rings. The van der Waals surface area contributed by atoms with Crippen molar-refractivity contribution in [1.82, 2.24) is 0 Å². The van der Waals surface area contributed by atoms with Crippen LogP contribution in [-0.4, -0.2) is 33.7 Å². The number of carbonyl (C=O) groups excluding carboxylic acids is 1. The van der Waals surface area contributed by atoms with Crippen LogP contribution in [0.3, 0.4) is 0 Å². The van der Waals surface area contributed by atoms with Gasteiger partial charge >= 0.3 is 0 Å². The van der Waals surface area contributed by atoms with Crippen LogP contribution in [0.25, 0.3) is 0 Å². The summed E-state index contributed by atoms with van der Waals surface area (Å²) < 4.78 is 31.3. The first-order valence-corrected chi connectivity index (χ1v) is 10.5. The Kier molecular flexibility index (Phi) is 6.49. The van der Waals surface area contributed by atoms with Crippen LogP contribution in [0.15, 0.2) is 42.5 Å². The summed E-state index contributed by atoms with van der Waals surface area (Å²) in [5.41, 5.74) is 3.08. The Labute approximate surface area is 161 Å². The van der Waals surface area contributed by atoms with E-state index >= 15 is 0 Å². The van der Waals surface area contributed by atoms with E-state index < -0.39 is 16.1 Å². The number of nitrogens with one attached hydrogen (secondary N) is 1. The molecule has 0 saturated heterocycles. The number of nitrogens with zero attached hydrogens (tertiary/aromatic N) is 1. The van der Waals surface area contributed by atoms with Crippen molar-refractivity contribution in [3.05, 3.63) is 53.6 Å². The largest absolute Gasteiger partial charge is 0.497 e. The third kappa shape index (κ3) is 5.23. The lowest BCUT2D eigenvalue weighted by molar-refractivity contribution is -0.117. The molecular weight excluding hydrogens is 364 g/mol. The number of ether oxygens (including phenoxy) is 1. The molecule has 0 spiro atoms. The molecule has 7 heteroatoms. The van der Waals surface area contributed by atoms with Gasteiger partial charge < -0.3 is 10.1 Å². The molecule has 0 heterocycles. The number of amides is 1. The van der Waals surface area contributed by atoms with Gasteiger partial charge in [-0.15, -0.1) is 0 Å². The Hall–Kier alpha value is -2.54. The number of methoxy groups -OCH3 is 1. The zero-order valence-corrected chi connectivity index (χ0v) is 17.1. The van der Waals surface area contributed by atoms with Crippen molar-refractivity contribution in [1.29, 1.82) is 0 Å². The minimum Gasteiger partial charge on any atom is -0.497 e. The molecule has 0 aromatic heterocycles. The monoisotopic (exact) mass is 390 g/mol. The maximum atomic E-state index is 12.9. The molecule has 0 aliphatic carbocycles. The van der Waals surface area contributed by atoms with Crippen molar-refractivity contribution in [3.63, 3.8) is 0 Å². The summed E-state index contributed by atoms with van der Waals surface area (Å²) in [6.07, 6.45) is 1.42. The summed E-state index contributed by atoms with van der Waals surface area (Å²) in [5, 5.41) is 2.85. The summed E-state index contributed by atoms with van der Waals surface area (Å²) in [4.78, 5) is 12.9. The number of benzene rings is 2. The lowest BCUT2D eigenvalue weighted by Gasteiger charge is -2.30. The third-order valence-corrected chi connectivity index (χ3v) is 5.31. The van der Waals surface area contributed by atoms with Gasteiger partial charge in [0.15, 0.2) is 0 Å². The van der Waals surface area contributed by atoms with E-state index in [1.165, 1.54) is 7.11 Å². The van der Waals surface area contributed by atoms with Crippen LogP contribution in [0.2, 0.25) is 0 Å². The lowest BCUT2D eigenvalue weighted by atomic mass is 10.1. The Morgan fingerprint density at radius 2 is 1.78 bits per heavy atom. The molecule has 0 bridgehead atoms. The summed E-state index contributed by atoms with van der Waals surface area (Å²) in [7, 11) is -2.18. The minimum atomic E-state index is -3.69. The van der Waals surface area contributed by atoms with Crippen molar-refractivity contribution in [3.8, 4) is 5.75 Å². The molecule has 1 N–H and O–H groups in total. The Bertz CT molecular complexity index is 905. The van der Waals surface area contributed by atoms with E-state index in [1.54, 1.807) is 31.2 Å². The van der Waals surface area contributed by atoms with Gasteiger partial charge in [0.05, 0.1) is 19.1 Å². The second-order valence-electron chi connectivity index (χ2n) is 6.55. The average Bonchev–Trinajstić information content (AvgIpc) is 2.57. The Morgan fingerprint density at radius 1 is 1.15 bits per heavy atom. The highest BCUT2D eigenvalue weighted by atomic mass is 32.2. The fraction of sp³-hybridized carbons (Fsp3) is 0.350. The maximum Gasteiger partial charge on any atom is 0.248 e. The van der Waals surface area contributed by atoms with E-state index in [1.807, 2.05) is 32.0 Å². The molecule has 2 rings (SSSR count). The van der Waals surface area contributed by atoms with E-state index in [0.29, 0.717) is 23.5 Å². The van der Waals surface area contributed by atoms with Crippen LogP contribution in [0.1, 0.15) is 24.5 Å². The molecule has 1 atom stereocenters. The van der Waals surface area contributed by atoms with Crippen molar-refractivity contribution in [2.75, 3.05) is 23.0 Å². The molecule has 0 aliphatic rings. The van der Waals surface area contributed by atoms with Crippen molar-refractivity contribution < 1.29 is 17.9 Å². The zero-order valence-electron chi connectivity index (χ0n) is 16.3. The molecule has 6 nitrogen and oxygen atoms in total. The zero-order chi connectivity index (χ0) is 20.2. The number of hydrogen-bond donors (Lipinski definition) is 1. The van der Waals surface area contributed by atoms with Crippen LogP contribution in [-0.2, 0) is 14.8 Å². The first kappa shape index (κ1) is 20.8. The van der Waals surface area contributed by atoms with Crippen LogP contribution in [0.5, 0.6) is 5.75 Å². The number of rotatable bonds is 7. The highest BCUT2D eigenvalue weighted by molar-refractivity contribution is 7.92. The smallest absolute Gasteiger partial charge is 0.248 e. The minimum absolute atomic E-state index is 0.320. The van der Waals surface area contributed by atoms with Gasteiger partial charge in [0, 0.05) is 11.8 Å². The van der Waals surface area contributed by atoms with Gasteiger partial charge in [-0.25, -0.2) is 8.42 Å². The topological polar surface area (TPSA) is 75.7 Å². The van der Waals surface area contributed by atoms with E-state index in [0.717, 1.165) is 21.7 Å². The molecule has 0 radical (unpaired) electrons. The van der Waals surface area contributed by atoms with Crippen molar-refractivity contribution in [2.45, 2.75) is 33.2 Å². The average molecular weight is 391 g/mol. The van der Waals surface area contributed by atoms with Crippen LogP contribution >= 0.6 is 0 Å². The highest BCUT2D eigenvalue weighted by Crippen LogP contribution is 2.27. The summed E-state index contributed by atoms with van der Waals surface area (Å²) >= 11 is 0. The molecule has 2 aromatic carbocycles. The van der Waals surface area contributed by atoms with Gasteiger partial charge in [0.25, 0.3) is 0 Å². The first-order chi connectivity index (χ1) is 12.7. The van der Waals surface area contributed by atoms with Crippen molar-refractivity contribution >= 4 is 27.3 Å². The fourth-order valence-electron chi connectivity index (χ4n) is 3.08. The predicted molar refractivity (Wildman–Crippen MR) is 109 cm³/mol. The molecule has 0 unspecified atom stereocenters. The van der Waals surface area contributed by atoms with Crippen LogP contribution < -0.4 is 14.4 Å². The normalized spacial score (nSPS) is 12.3. The molecule has 2 aromatic rings. The number of hydrogen-bond acceptors (Lipinski definition) is 4. The van der Waals surface area contributed by atoms with E-state index in [2.05, 4.69) is 5.32 Å². The van der Waals surface area contributed by atoms with Gasteiger partial charge in [0.1, 0.15) is 11.8 Å². The van der Waals surface area contributed by atoms with E-state index in [-0.39, 0.29) is 5.91 Å². The molecular formula is C20H26N2O4S. The first-order valence-electron chi connectivity index (χ1n) is 8.68. The molecule has 0 saturated carbocycles. The van der Waals surface area contributed by atoms with Gasteiger partial charge in [0.2, 0.25) is 15.9 Å². The van der Waals surface area contributed by atoms with Gasteiger partial charge in [-0.2, -0.15) is 0 Å². The summed E-state index contributed by atoms with van der Waals surface area (Å²) in [5.74, 6) is 0.140. The van der Waals surface area contributed by atoms with E-state index in [9.17, 15) is 13.2 Å². The molecule has 27 heavy (non-hydrogen) atoms. The number of sulfonamides is 1. The van der Waals surface area contributed by atoms with Crippen LogP contribution in [0.4, 0.5) is 11.4 Å². The third-order valence-electron chi connectivity index (χ3n) is 4.13.